The van der Waals surface area contributed by atoms with Crippen LogP contribution in [0.15, 0.2) is 36.3 Å². The number of rotatable bonds is 2. The van der Waals surface area contributed by atoms with E-state index in [4.69, 9.17) is 9.31 Å². The fraction of sp³-hybridized carbons (Fsp3) is 0.231. The summed E-state index contributed by atoms with van der Waals surface area (Å²) in [5, 5.41) is 0. The summed E-state index contributed by atoms with van der Waals surface area (Å²) in [5.41, 5.74) is 0.939. The lowest BCUT2D eigenvalue weighted by atomic mass is 9.88. The van der Waals surface area contributed by atoms with Crippen molar-refractivity contribution < 1.29 is 18.9 Å². The van der Waals surface area contributed by atoms with Gasteiger partial charge in [0.25, 0.3) is 0 Å². The van der Waals surface area contributed by atoms with Crippen LogP contribution in [0.2, 0.25) is 0 Å². The second-order valence-electron chi connectivity index (χ2n) is 4.29. The van der Waals surface area contributed by atoms with Gasteiger partial charge in [0.2, 0.25) is 0 Å². The van der Waals surface area contributed by atoms with E-state index < -0.39 is 19.1 Å². The topological polar surface area (TPSA) is 55.8 Å². The molecule has 0 aliphatic carbocycles. The third-order valence-corrected chi connectivity index (χ3v) is 2.54. The molecular weight excluding hydrogens is 245 g/mol. The van der Waals surface area contributed by atoms with Crippen molar-refractivity contribution in [2.24, 2.45) is 0 Å². The minimum absolute atomic E-state index is 0.0742. The number of likely N-dealkylation sites (N-methyl/N-ethyl adjacent to an activating group) is 1. The molecule has 19 heavy (non-hydrogen) atoms. The lowest BCUT2D eigenvalue weighted by molar-refractivity contribution is -0.145. The van der Waals surface area contributed by atoms with Crippen LogP contribution in [0.4, 0.5) is 0 Å². The van der Waals surface area contributed by atoms with Crippen LogP contribution in [0.5, 0.6) is 0 Å². The predicted molar refractivity (Wildman–Crippen MR) is 70.9 cm³/mol. The molecule has 1 aliphatic rings. The Morgan fingerprint density at radius 1 is 1.11 bits per heavy atom. The van der Waals surface area contributed by atoms with Crippen molar-refractivity contribution in [2.75, 3.05) is 20.1 Å². The van der Waals surface area contributed by atoms with Crippen LogP contribution in [0.3, 0.4) is 0 Å². The number of nitrogens with zero attached hydrogens (tertiary/aromatic N) is 1. The van der Waals surface area contributed by atoms with Crippen LogP contribution in [0.1, 0.15) is 5.56 Å². The highest BCUT2D eigenvalue weighted by atomic mass is 16.6. The second-order valence-corrected chi connectivity index (χ2v) is 4.29. The summed E-state index contributed by atoms with van der Waals surface area (Å²) in [6.45, 7) is 0.148. The van der Waals surface area contributed by atoms with Gasteiger partial charge in [-0.05, 0) is 18.6 Å². The third kappa shape index (κ3) is 4.26. The number of hydrogen-bond acceptors (Lipinski definition) is 5. The quantitative estimate of drug-likeness (QED) is 0.734. The Morgan fingerprint density at radius 3 is 2.26 bits per heavy atom. The second kappa shape index (κ2) is 6.20. The van der Waals surface area contributed by atoms with E-state index >= 15 is 0 Å². The van der Waals surface area contributed by atoms with Gasteiger partial charge in [0.15, 0.2) is 0 Å². The molecular formula is C13H14BNO4. The van der Waals surface area contributed by atoms with E-state index in [-0.39, 0.29) is 13.1 Å². The summed E-state index contributed by atoms with van der Waals surface area (Å²) in [6.07, 6.45) is 1.75. The highest BCUT2D eigenvalue weighted by molar-refractivity contribution is 6.55. The minimum atomic E-state index is -0.964. The van der Waals surface area contributed by atoms with Crippen LogP contribution in [-0.4, -0.2) is 44.1 Å². The summed E-state index contributed by atoms with van der Waals surface area (Å²) in [4.78, 5) is 24.5. The molecule has 0 amide bonds. The highest BCUT2D eigenvalue weighted by Crippen LogP contribution is 2.05. The summed E-state index contributed by atoms with van der Waals surface area (Å²) in [5.74, 6) is 0.714. The Bertz CT molecular complexity index is 469. The monoisotopic (exact) mass is 259 g/mol. The molecule has 0 saturated carbocycles. The molecule has 1 aliphatic heterocycles. The van der Waals surface area contributed by atoms with Crippen molar-refractivity contribution in [1.29, 1.82) is 0 Å². The fourth-order valence-corrected chi connectivity index (χ4v) is 1.69. The smallest absolute Gasteiger partial charge is 0.495 e. The maximum atomic E-state index is 11.5. The summed E-state index contributed by atoms with van der Waals surface area (Å²) in [7, 11) is 0.691. The number of benzene rings is 1. The Kier molecular flexibility index (Phi) is 4.36. The third-order valence-electron chi connectivity index (χ3n) is 2.54. The van der Waals surface area contributed by atoms with Crippen molar-refractivity contribution in [2.45, 2.75) is 0 Å². The Labute approximate surface area is 111 Å². The lowest BCUT2D eigenvalue weighted by Crippen LogP contribution is -2.41. The molecule has 0 bridgehead atoms. The van der Waals surface area contributed by atoms with E-state index in [1.54, 1.807) is 24.0 Å². The maximum Gasteiger partial charge on any atom is 0.628 e. The largest absolute Gasteiger partial charge is 0.628 e. The molecule has 0 radical (unpaired) electrons. The minimum Gasteiger partial charge on any atom is -0.495 e. The Morgan fingerprint density at radius 2 is 1.68 bits per heavy atom. The van der Waals surface area contributed by atoms with Gasteiger partial charge < -0.3 is 9.31 Å². The molecule has 1 aromatic carbocycles. The van der Waals surface area contributed by atoms with E-state index in [0.717, 1.165) is 5.56 Å². The molecule has 5 nitrogen and oxygen atoms in total. The van der Waals surface area contributed by atoms with Crippen molar-refractivity contribution in [3.05, 3.63) is 41.9 Å². The number of hydrogen-bond donors (Lipinski definition) is 0. The molecule has 1 fully saturated rings. The fourth-order valence-electron chi connectivity index (χ4n) is 1.69. The average Bonchev–Trinajstić information content (AvgIpc) is 2.35. The first-order valence-electron chi connectivity index (χ1n) is 5.94. The molecule has 1 heterocycles. The van der Waals surface area contributed by atoms with Crippen molar-refractivity contribution in [1.82, 2.24) is 4.90 Å². The normalized spacial score (nSPS) is 17.8. The molecule has 0 atom stereocenters. The average molecular weight is 259 g/mol. The molecule has 6 heteroatoms. The van der Waals surface area contributed by atoms with Gasteiger partial charge in [0.05, 0.1) is 13.1 Å². The zero-order chi connectivity index (χ0) is 13.7. The molecule has 0 spiro atoms. The maximum absolute atomic E-state index is 11.5. The Balaban J connectivity index is 2.04. The molecule has 1 aromatic rings. The van der Waals surface area contributed by atoms with E-state index in [9.17, 15) is 9.59 Å². The van der Waals surface area contributed by atoms with Gasteiger partial charge in [-0.2, -0.15) is 0 Å². The van der Waals surface area contributed by atoms with Gasteiger partial charge in [-0.15, -0.1) is 0 Å². The molecule has 0 unspecified atom stereocenters. The van der Waals surface area contributed by atoms with Gasteiger partial charge >= 0.3 is 19.1 Å². The molecule has 0 aromatic heterocycles. The van der Waals surface area contributed by atoms with Gasteiger partial charge in [-0.3, -0.25) is 14.5 Å². The molecule has 0 N–H and O–H groups in total. The number of carbonyl (C=O) groups is 2. The Hall–Kier alpha value is -2.08. The zero-order valence-corrected chi connectivity index (χ0v) is 10.6. The van der Waals surface area contributed by atoms with E-state index in [1.807, 2.05) is 30.3 Å². The highest BCUT2D eigenvalue weighted by Gasteiger charge is 2.29. The first-order chi connectivity index (χ1) is 9.13. The van der Waals surface area contributed by atoms with E-state index in [0.29, 0.717) is 0 Å². The van der Waals surface area contributed by atoms with Crippen LogP contribution in [0, 0.1) is 0 Å². The SMILES string of the molecule is CN1CC(=O)OB(/C=C\c2ccccc2)OC(=O)C1. The molecule has 98 valence electrons. The molecule has 2 rings (SSSR count). The first kappa shape index (κ1) is 13.4. The molecule has 1 saturated heterocycles. The number of carbonyl (C=O) groups excluding carboxylic acids is 2. The van der Waals surface area contributed by atoms with Crippen molar-refractivity contribution >= 4 is 25.1 Å². The summed E-state index contributed by atoms with van der Waals surface area (Å²) < 4.78 is 10.1. The van der Waals surface area contributed by atoms with Crippen molar-refractivity contribution in [3.8, 4) is 0 Å². The summed E-state index contributed by atoms with van der Waals surface area (Å²) >= 11 is 0. The van der Waals surface area contributed by atoms with E-state index in [1.165, 1.54) is 0 Å². The van der Waals surface area contributed by atoms with Crippen LogP contribution in [-0.2, 0) is 18.9 Å². The lowest BCUT2D eigenvalue weighted by Gasteiger charge is -2.21. The van der Waals surface area contributed by atoms with Gasteiger partial charge in [-0.25, -0.2) is 0 Å². The van der Waals surface area contributed by atoms with Gasteiger partial charge in [0, 0.05) is 0 Å². The standard InChI is InChI=1S/C13H14BNO4/c1-15-9-12(16)18-14(19-13(17)10-15)8-7-11-5-3-2-4-6-11/h2-8H,9-10H2,1H3/b8-7-. The van der Waals surface area contributed by atoms with Gasteiger partial charge in [-0.1, -0.05) is 36.4 Å². The van der Waals surface area contributed by atoms with E-state index in [2.05, 4.69) is 0 Å². The van der Waals surface area contributed by atoms with Gasteiger partial charge in [0.1, 0.15) is 0 Å². The van der Waals surface area contributed by atoms with Crippen LogP contribution < -0.4 is 0 Å². The summed E-state index contributed by atoms with van der Waals surface area (Å²) in [6, 6.07) is 9.49. The van der Waals surface area contributed by atoms with Crippen LogP contribution >= 0.6 is 0 Å². The van der Waals surface area contributed by atoms with Crippen LogP contribution in [0.25, 0.3) is 6.08 Å². The predicted octanol–water partition coefficient (Wildman–Crippen LogP) is 0.759. The van der Waals surface area contributed by atoms with Crippen molar-refractivity contribution in [3.63, 3.8) is 0 Å². The first-order valence-corrected chi connectivity index (χ1v) is 5.94. The zero-order valence-electron chi connectivity index (χ0n) is 10.6.